The molecule has 0 aromatic rings. The van der Waals surface area contributed by atoms with Gasteiger partial charge in [-0.05, 0) is 6.92 Å². The quantitative estimate of drug-likeness (QED) is 0.440. The van der Waals surface area contributed by atoms with E-state index in [9.17, 15) is 16.8 Å². The molecule has 0 aromatic heterocycles. The third kappa shape index (κ3) is 2.62. The molecule has 0 rings (SSSR count). The van der Waals surface area contributed by atoms with Gasteiger partial charge in [0.25, 0.3) is 0 Å². The first-order chi connectivity index (χ1) is 3.85. The third-order valence-corrected chi connectivity index (χ3v) is 3.59. The van der Waals surface area contributed by atoms with Crippen LogP contribution in [0.1, 0.15) is 6.92 Å². The minimum Gasteiger partial charge on any atom is -0.223 e. The second-order valence-electron chi connectivity index (χ2n) is 1.50. The van der Waals surface area contributed by atoms with E-state index in [2.05, 4.69) is 0 Å². The lowest BCUT2D eigenvalue weighted by Gasteiger charge is -1.85. The van der Waals surface area contributed by atoms with E-state index in [1.165, 1.54) is 0 Å². The van der Waals surface area contributed by atoms with Crippen molar-refractivity contribution in [3.8, 4) is 0 Å². The molecule has 0 aliphatic rings. The first-order valence-corrected chi connectivity index (χ1v) is 4.95. The van der Waals surface area contributed by atoms with Gasteiger partial charge < -0.3 is 0 Å². The molecule has 54 valence electrons. The van der Waals surface area contributed by atoms with Gasteiger partial charge in [-0.1, -0.05) is 0 Å². The summed E-state index contributed by atoms with van der Waals surface area (Å²) in [6.07, 6.45) is 0.845. The summed E-state index contributed by atoms with van der Waals surface area (Å²) < 4.78 is 40.0. The smallest absolute Gasteiger partial charge is 0.223 e. The minimum absolute atomic E-state index is 0.525. The largest absolute Gasteiger partial charge is 0.228 e. The van der Waals surface area contributed by atoms with Gasteiger partial charge in [-0.25, -0.2) is 8.42 Å². The second kappa shape index (κ2) is 2.49. The molecule has 0 atom stereocenters. The molecule has 0 unspecified atom stereocenters. The van der Waals surface area contributed by atoms with Crippen molar-refractivity contribution in [2.75, 3.05) is 6.26 Å². The van der Waals surface area contributed by atoms with Crippen LogP contribution < -0.4 is 0 Å². The molecule has 0 saturated carbocycles. The van der Waals surface area contributed by atoms with E-state index in [0.29, 0.717) is 0 Å². The van der Waals surface area contributed by atoms with Crippen molar-refractivity contribution in [3.05, 3.63) is 0 Å². The van der Waals surface area contributed by atoms with Crippen LogP contribution >= 0.6 is 0 Å². The van der Waals surface area contributed by atoms with Crippen LogP contribution in [0.4, 0.5) is 0 Å². The zero-order chi connectivity index (χ0) is 7.65. The first kappa shape index (κ1) is 8.64. The van der Waals surface area contributed by atoms with Gasteiger partial charge in [0.05, 0.1) is 0 Å². The van der Waals surface area contributed by atoms with E-state index < -0.39 is 24.3 Å². The van der Waals surface area contributed by atoms with Gasteiger partial charge in [0.2, 0.25) is 10.3 Å². The lowest BCUT2D eigenvalue weighted by atomic mass is 11.0. The minimum atomic E-state index is -3.50. The maximum atomic E-state index is 10.3. The molecular formula is C3H6O4S2. The Morgan fingerprint density at radius 1 is 1.33 bits per heavy atom. The standard InChI is InChI=1S/C3H6O4S2/c1-3(8(4)5)9(2,6)7/h1-2H3. The summed E-state index contributed by atoms with van der Waals surface area (Å²) in [6, 6.07) is 0. The summed E-state index contributed by atoms with van der Waals surface area (Å²) in [5, 5.41) is 0. The van der Waals surface area contributed by atoms with Crippen molar-refractivity contribution in [2.24, 2.45) is 0 Å². The van der Waals surface area contributed by atoms with Crippen molar-refractivity contribution in [2.45, 2.75) is 6.92 Å². The van der Waals surface area contributed by atoms with E-state index in [1.807, 2.05) is 0 Å². The predicted molar refractivity (Wildman–Crippen MR) is 34.4 cm³/mol. The predicted octanol–water partition coefficient (Wildman–Crippen LogP) is -0.940. The van der Waals surface area contributed by atoms with Gasteiger partial charge in [-0.15, -0.1) is 0 Å². The molecule has 0 radical (unpaired) electrons. The van der Waals surface area contributed by atoms with Crippen LogP contribution in [0, 0.1) is 0 Å². The Morgan fingerprint density at radius 3 is 1.67 bits per heavy atom. The average Bonchev–Trinajstić information content (AvgIpc) is 1.62. The summed E-state index contributed by atoms with van der Waals surface area (Å²) in [5.74, 6) is 0. The van der Waals surface area contributed by atoms with E-state index in [1.54, 1.807) is 0 Å². The Balaban J connectivity index is 5.40. The van der Waals surface area contributed by atoms with Crippen molar-refractivity contribution in [1.29, 1.82) is 0 Å². The van der Waals surface area contributed by atoms with Crippen LogP contribution in [0.5, 0.6) is 0 Å². The molecule has 0 aromatic carbocycles. The summed E-state index contributed by atoms with van der Waals surface area (Å²) in [5.41, 5.74) is 0. The molecule has 0 fully saturated rings. The molecule has 0 bridgehead atoms. The average molecular weight is 170 g/mol. The molecule has 0 amide bonds. The molecule has 0 aliphatic carbocycles. The number of sulfone groups is 1. The zero-order valence-corrected chi connectivity index (χ0v) is 6.58. The molecule has 0 N–H and O–H groups in total. The SMILES string of the molecule is CC(=S(=O)=O)S(C)(=O)=O. The second-order valence-corrected chi connectivity index (χ2v) is 5.00. The fourth-order valence-corrected chi connectivity index (χ4v) is 1.11. The monoisotopic (exact) mass is 170 g/mol. The van der Waals surface area contributed by atoms with Gasteiger partial charge in [0.1, 0.15) is 0 Å². The van der Waals surface area contributed by atoms with Crippen molar-refractivity contribution < 1.29 is 16.8 Å². The molecule has 0 heterocycles. The normalized spacial score (nSPS) is 10.9. The van der Waals surface area contributed by atoms with Gasteiger partial charge in [-0.3, -0.25) is 0 Å². The van der Waals surface area contributed by atoms with E-state index in [0.717, 1.165) is 13.2 Å². The van der Waals surface area contributed by atoms with Crippen molar-refractivity contribution in [3.63, 3.8) is 0 Å². The number of rotatable bonds is 0. The molecule has 9 heavy (non-hydrogen) atoms. The van der Waals surface area contributed by atoms with Crippen molar-refractivity contribution in [1.82, 2.24) is 0 Å². The third-order valence-electron chi connectivity index (χ3n) is 0.757. The highest BCUT2D eigenvalue weighted by Crippen LogP contribution is 1.83. The first-order valence-electron chi connectivity index (χ1n) is 1.98. The van der Waals surface area contributed by atoms with Crippen molar-refractivity contribution >= 4 is 24.3 Å². The zero-order valence-electron chi connectivity index (χ0n) is 4.95. The molecule has 6 heteroatoms. The fourth-order valence-electron chi connectivity index (χ4n) is 0.124. The summed E-state index contributed by atoms with van der Waals surface area (Å²) in [6.45, 7) is 1.04. The maximum Gasteiger partial charge on any atom is 0.228 e. The van der Waals surface area contributed by atoms with Gasteiger partial charge in [0.15, 0.2) is 14.0 Å². The van der Waals surface area contributed by atoms with E-state index in [-0.39, 0.29) is 0 Å². The van der Waals surface area contributed by atoms with E-state index in [4.69, 9.17) is 0 Å². The fraction of sp³-hybridized carbons (Fsp3) is 0.667. The molecule has 0 spiro atoms. The lowest BCUT2D eigenvalue weighted by molar-refractivity contribution is 0.612. The topological polar surface area (TPSA) is 68.3 Å². The van der Waals surface area contributed by atoms with Crippen LogP contribution in [-0.4, -0.2) is 27.3 Å². The van der Waals surface area contributed by atoms with Gasteiger partial charge in [-0.2, -0.15) is 8.42 Å². The summed E-state index contributed by atoms with van der Waals surface area (Å²) in [4.78, 5) is 0. The number of hydrogen-bond acceptors (Lipinski definition) is 4. The highest BCUT2D eigenvalue weighted by molar-refractivity contribution is 8.15. The molecule has 0 aliphatic heterocycles. The number of hydrogen-bond donors (Lipinski definition) is 0. The van der Waals surface area contributed by atoms with Crippen LogP contribution in [0.2, 0.25) is 0 Å². The van der Waals surface area contributed by atoms with Gasteiger partial charge in [0, 0.05) is 6.26 Å². The van der Waals surface area contributed by atoms with Crippen LogP contribution in [0.15, 0.2) is 0 Å². The maximum absolute atomic E-state index is 10.3. The highest BCUT2D eigenvalue weighted by Gasteiger charge is 2.07. The highest BCUT2D eigenvalue weighted by atomic mass is 32.2. The molecule has 0 saturated heterocycles. The molecule has 4 nitrogen and oxygen atoms in total. The Labute approximate surface area is 55.0 Å². The van der Waals surface area contributed by atoms with Crippen LogP contribution in [-0.2, 0) is 20.1 Å². The Morgan fingerprint density at radius 2 is 1.67 bits per heavy atom. The summed E-state index contributed by atoms with van der Waals surface area (Å²) in [7, 11) is -6.10. The van der Waals surface area contributed by atoms with E-state index >= 15 is 0 Å². The Kier molecular flexibility index (Phi) is 2.39. The molecular weight excluding hydrogens is 164 g/mol. The Bertz CT molecular complexity index is 309. The van der Waals surface area contributed by atoms with Crippen LogP contribution in [0.3, 0.4) is 0 Å². The van der Waals surface area contributed by atoms with Gasteiger partial charge >= 0.3 is 0 Å². The lowest BCUT2D eigenvalue weighted by Crippen LogP contribution is -2.08. The van der Waals surface area contributed by atoms with Crippen LogP contribution in [0.25, 0.3) is 0 Å². The summed E-state index contributed by atoms with van der Waals surface area (Å²) >= 11 is 0. The Hall–Kier alpha value is -0.360.